The van der Waals surface area contributed by atoms with E-state index in [1.54, 1.807) is 4.90 Å². The van der Waals surface area contributed by atoms with Gasteiger partial charge in [0.25, 0.3) is 0 Å². The molecule has 10 nitrogen and oxygen atoms in total. The van der Waals surface area contributed by atoms with Gasteiger partial charge in [-0.1, -0.05) is 30.3 Å². The zero-order valence-electron chi connectivity index (χ0n) is 17.2. The van der Waals surface area contributed by atoms with Crippen LogP contribution in [0, 0.1) is 0 Å². The highest BCUT2D eigenvalue weighted by molar-refractivity contribution is 6.40. The lowest BCUT2D eigenvalue weighted by atomic mass is 9.99. The highest BCUT2D eigenvalue weighted by Crippen LogP contribution is 2.29. The first-order valence-corrected chi connectivity index (χ1v) is 9.88. The number of carbonyl (C=O) groups excluding carboxylic acids is 3. The van der Waals surface area contributed by atoms with Gasteiger partial charge in [-0.3, -0.25) is 19.5 Å². The first kappa shape index (κ1) is 20.3. The van der Waals surface area contributed by atoms with Crippen molar-refractivity contribution in [2.45, 2.75) is 25.9 Å². The molecule has 1 saturated heterocycles. The Balaban J connectivity index is 1.61. The number of aromatic amines is 1. The maximum Gasteiger partial charge on any atom is 0.314 e. The Morgan fingerprint density at radius 3 is 2.58 bits per heavy atom. The third-order valence-corrected chi connectivity index (χ3v) is 5.55. The summed E-state index contributed by atoms with van der Waals surface area (Å²) >= 11 is 0. The molecule has 0 radical (unpaired) electrons. The Hall–Kier alpha value is -3.95. The van der Waals surface area contributed by atoms with Crippen molar-refractivity contribution < 1.29 is 14.4 Å². The third-order valence-electron chi connectivity index (χ3n) is 5.55. The van der Waals surface area contributed by atoms with Crippen LogP contribution >= 0.6 is 0 Å². The summed E-state index contributed by atoms with van der Waals surface area (Å²) in [5.74, 6) is -1.29. The number of anilines is 2. The fourth-order valence-corrected chi connectivity index (χ4v) is 3.95. The van der Waals surface area contributed by atoms with E-state index in [0.29, 0.717) is 23.1 Å². The van der Waals surface area contributed by atoms with Crippen LogP contribution in [0.4, 0.5) is 11.5 Å². The molecule has 10 heteroatoms. The number of hydrogen-bond donors (Lipinski definition) is 3. The van der Waals surface area contributed by atoms with E-state index in [1.165, 1.54) is 24.2 Å². The van der Waals surface area contributed by atoms with Gasteiger partial charge in [0.15, 0.2) is 0 Å². The summed E-state index contributed by atoms with van der Waals surface area (Å²) in [6.45, 7) is 3.92. The highest BCUT2D eigenvalue weighted by atomic mass is 16.2. The Labute approximate surface area is 178 Å². The minimum atomic E-state index is -0.799. The van der Waals surface area contributed by atoms with E-state index in [4.69, 9.17) is 5.73 Å². The average molecular weight is 421 g/mol. The van der Waals surface area contributed by atoms with Crippen LogP contribution in [-0.2, 0) is 14.4 Å². The zero-order chi connectivity index (χ0) is 22.1. The summed E-state index contributed by atoms with van der Waals surface area (Å²) in [7, 11) is 0. The highest BCUT2D eigenvalue weighted by Gasteiger charge is 2.38. The fraction of sp³-hybridized carbons (Fsp3) is 0.286. The normalized spacial score (nSPS) is 18.8. The molecule has 160 valence electrons. The number of H-pyrrole nitrogens is 1. The Kier molecular flexibility index (Phi) is 5.28. The number of benzene rings is 1. The van der Waals surface area contributed by atoms with Gasteiger partial charge in [-0.15, -0.1) is 0 Å². The Morgan fingerprint density at radius 2 is 1.87 bits per heavy atom. The number of nitrogens with one attached hydrogen (secondary N) is 2. The second-order valence-corrected chi connectivity index (χ2v) is 7.57. The van der Waals surface area contributed by atoms with Gasteiger partial charge in [0.05, 0.1) is 35.0 Å². The van der Waals surface area contributed by atoms with Crippen molar-refractivity contribution in [3.8, 4) is 0 Å². The van der Waals surface area contributed by atoms with E-state index in [1.807, 2.05) is 37.3 Å². The predicted octanol–water partition coefficient (Wildman–Crippen LogP) is 1.30. The molecule has 0 aliphatic carbocycles. The molecule has 3 aromatic rings. The summed E-state index contributed by atoms with van der Waals surface area (Å²) in [6.07, 6.45) is 2.88. The number of piperazine rings is 1. The summed E-state index contributed by atoms with van der Waals surface area (Å²) in [5, 5.41) is 9.85. The molecule has 31 heavy (non-hydrogen) atoms. The minimum absolute atomic E-state index is 0.0698. The van der Waals surface area contributed by atoms with Crippen molar-refractivity contribution in [3.05, 3.63) is 48.3 Å². The van der Waals surface area contributed by atoms with Gasteiger partial charge in [0.2, 0.25) is 5.91 Å². The number of rotatable bonds is 2. The monoisotopic (exact) mass is 421 g/mol. The van der Waals surface area contributed by atoms with Gasteiger partial charge in [0, 0.05) is 26.1 Å². The second kappa shape index (κ2) is 8.05. The largest absolute Gasteiger partial charge is 0.383 e. The molecule has 3 amide bonds. The number of nitrogen functional groups attached to an aromatic ring is 1. The van der Waals surface area contributed by atoms with Gasteiger partial charge in [-0.2, -0.15) is 5.10 Å². The lowest BCUT2D eigenvalue weighted by molar-refractivity contribution is -0.151. The molecule has 4 rings (SSSR count). The number of fused-ring (bicyclic) bond motifs is 1. The summed E-state index contributed by atoms with van der Waals surface area (Å²) in [6, 6.07) is 8.72. The summed E-state index contributed by atoms with van der Waals surface area (Å²) < 4.78 is 0. The Morgan fingerprint density at radius 1 is 1.13 bits per heavy atom. The summed E-state index contributed by atoms with van der Waals surface area (Å²) in [5.41, 5.74) is 7.48. The van der Waals surface area contributed by atoms with Crippen LogP contribution in [0.2, 0.25) is 0 Å². The molecule has 1 aliphatic heterocycles. The first-order chi connectivity index (χ1) is 14.9. The third kappa shape index (κ3) is 3.79. The Bertz CT molecular complexity index is 1140. The van der Waals surface area contributed by atoms with E-state index < -0.39 is 17.9 Å². The molecule has 1 fully saturated rings. The number of amides is 3. The lowest BCUT2D eigenvalue weighted by Gasteiger charge is -2.44. The van der Waals surface area contributed by atoms with E-state index >= 15 is 0 Å². The fourth-order valence-electron chi connectivity index (χ4n) is 3.95. The van der Waals surface area contributed by atoms with Crippen LogP contribution in [0.3, 0.4) is 0 Å². The minimum Gasteiger partial charge on any atom is -0.383 e. The molecule has 0 bridgehead atoms. The van der Waals surface area contributed by atoms with Crippen LogP contribution in [0.1, 0.15) is 25.5 Å². The molecule has 3 heterocycles. The average Bonchev–Trinajstić information content (AvgIpc) is 3.26. The van der Waals surface area contributed by atoms with E-state index in [9.17, 15) is 14.4 Å². The van der Waals surface area contributed by atoms with E-state index in [0.717, 1.165) is 5.56 Å². The molecule has 4 N–H and O–H groups in total. The number of carbonyl (C=O) groups is 3. The van der Waals surface area contributed by atoms with Gasteiger partial charge in [-0.05, 0) is 12.5 Å². The molecule has 0 spiro atoms. The number of aromatic nitrogens is 3. The van der Waals surface area contributed by atoms with Crippen LogP contribution in [0.5, 0.6) is 0 Å². The van der Waals surface area contributed by atoms with Crippen molar-refractivity contribution >= 4 is 40.1 Å². The first-order valence-electron chi connectivity index (χ1n) is 9.88. The zero-order valence-corrected chi connectivity index (χ0v) is 17.2. The lowest BCUT2D eigenvalue weighted by Crippen LogP contribution is -2.58. The predicted molar refractivity (Wildman–Crippen MR) is 115 cm³/mol. The van der Waals surface area contributed by atoms with E-state index in [2.05, 4.69) is 20.5 Å². The second-order valence-electron chi connectivity index (χ2n) is 7.57. The maximum absolute atomic E-state index is 13.2. The smallest absolute Gasteiger partial charge is 0.314 e. The van der Waals surface area contributed by atoms with Gasteiger partial charge in [-0.25, -0.2) is 4.98 Å². The van der Waals surface area contributed by atoms with Crippen LogP contribution in [0.15, 0.2) is 42.7 Å². The van der Waals surface area contributed by atoms with E-state index in [-0.39, 0.29) is 24.3 Å². The number of nitrogens with zero attached hydrogens (tertiary/aromatic N) is 4. The molecular weight excluding hydrogens is 398 g/mol. The van der Waals surface area contributed by atoms with Crippen LogP contribution < -0.4 is 11.1 Å². The molecule has 2 aromatic heterocycles. The van der Waals surface area contributed by atoms with Crippen LogP contribution in [-0.4, -0.2) is 61.8 Å². The molecule has 1 aromatic carbocycles. The quantitative estimate of drug-likeness (QED) is 0.533. The van der Waals surface area contributed by atoms with Crippen molar-refractivity contribution in [2.75, 3.05) is 24.1 Å². The van der Waals surface area contributed by atoms with Crippen molar-refractivity contribution in [1.82, 2.24) is 25.0 Å². The standard InChI is InChI=1S/C21H23N7O3/c1-12-10-28(17(11-27(12)13(2)29)14-6-4-3-5-7-14)21(31)20(30)25-16-9-23-19(22)15-8-24-26-18(15)16/h3-9,12,17H,10-11H2,1-2H3,(H2,22,23)(H,24,26)(H,25,30)/t12-,17-/m1/s1. The number of nitrogens with two attached hydrogens (primary N) is 1. The van der Waals surface area contributed by atoms with Gasteiger partial charge < -0.3 is 20.9 Å². The van der Waals surface area contributed by atoms with Crippen molar-refractivity contribution in [2.24, 2.45) is 0 Å². The maximum atomic E-state index is 13.2. The number of hydrogen-bond acceptors (Lipinski definition) is 6. The topological polar surface area (TPSA) is 137 Å². The molecule has 2 atom stereocenters. The van der Waals surface area contributed by atoms with Gasteiger partial charge in [0.1, 0.15) is 5.82 Å². The number of pyridine rings is 1. The molecule has 0 saturated carbocycles. The van der Waals surface area contributed by atoms with Crippen LogP contribution in [0.25, 0.3) is 10.9 Å². The molecule has 1 aliphatic rings. The van der Waals surface area contributed by atoms with Crippen molar-refractivity contribution in [3.63, 3.8) is 0 Å². The molecular formula is C21H23N7O3. The van der Waals surface area contributed by atoms with Crippen molar-refractivity contribution in [1.29, 1.82) is 0 Å². The SMILES string of the molecule is CC(=O)N1C[C@H](c2ccccc2)N(C(=O)C(=O)Nc2cnc(N)c3cn[nH]c23)C[C@H]1C. The van der Waals surface area contributed by atoms with Gasteiger partial charge >= 0.3 is 11.8 Å². The molecule has 0 unspecified atom stereocenters. The summed E-state index contributed by atoms with van der Waals surface area (Å²) in [4.78, 5) is 45.4.